The second kappa shape index (κ2) is 4.63. The molecule has 0 aromatic heterocycles. The fraction of sp³-hybridized carbons (Fsp3) is 1.00. The van der Waals surface area contributed by atoms with E-state index >= 15 is 0 Å². The van der Waals surface area contributed by atoms with E-state index in [-0.39, 0.29) is 0 Å². The minimum atomic E-state index is -1.91. The monoisotopic (exact) mass is 227 g/mol. The summed E-state index contributed by atoms with van der Waals surface area (Å²) in [6.45, 7) is 1.72. The molecule has 0 aliphatic heterocycles. The summed E-state index contributed by atoms with van der Waals surface area (Å²) >= 11 is 2.98. The van der Waals surface area contributed by atoms with Crippen LogP contribution in [0.15, 0.2) is 0 Å². The van der Waals surface area contributed by atoms with E-state index in [0.717, 1.165) is 0 Å². The summed E-state index contributed by atoms with van der Waals surface area (Å²) in [5.41, 5.74) is 0. The molecule has 11 heavy (non-hydrogen) atoms. The second-order valence-corrected chi connectivity index (χ2v) is 3.29. The predicted octanol–water partition coefficient (Wildman–Crippen LogP) is 0.116. The molecule has 0 saturated heterocycles. The van der Waals surface area contributed by atoms with Crippen molar-refractivity contribution in [1.82, 2.24) is 0 Å². The van der Waals surface area contributed by atoms with Gasteiger partial charge in [-0.1, -0.05) is 22.9 Å². The summed E-state index contributed by atoms with van der Waals surface area (Å²) in [5, 5.41) is 27.3. The van der Waals surface area contributed by atoms with Crippen LogP contribution >= 0.6 is 15.9 Å². The molecule has 0 saturated carbocycles. The Kier molecular flexibility index (Phi) is 4.55. The topological polar surface area (TPSA) is 83.6 Å². The molecule has 0 amide bonds. The first-order valence-corrected chi connectivity index (χ1v) is 4.06. The van der Waals surface area contributed by atoms with E-state index in [0.29, 0.717) is 6.42 Å². The Bertz CT molecular complexity index is 140. The molecule has 2 unspecified atom stereocenters. The molecule has 0 heterocycles. The zero-order valence-electron chi connectivity index (χ0n) is 5.98. The Morgan fingerprint density at radius 2 is 2.09 bits per heavy atom. The molecule has 6 heteroatoms. The SMILES string of the molecule is CCC(Br)C(C(O)O)[N+](=O)[O-]. The number of aliphatic hydroxyl groups excluding tert-OH is 1. The highest BCUT2D eigenvalue weighted by atomic mass is 79.9. The van der Waals surface area contributed by atoms with Crippen molar-refractivity contribution < 1.29 is 15.1 Å². The second-order valence-electron chi connectivity index (χ2n) is 2.11. The lowest BCUT2D eigenvalue weighted by atomic mass is 10.2. The number of hydrogen-bond acceptors (Lipinski definition) is 4. The molecule has 0 bridgehead atoms. The van der Waals surface area contributed by atoms with Crippen LogP contribution in [0.25, 0.3) is 0 Å². The third-order valence-electron chi connectivity index (χ3n) is 1.31. The van der Waals surface area contributed by atoms with Crippen molar-refractivity contribution in [3.8, 4) is 0 Å². The van der Waals surface area contributed by atoms with Crippen molar-refractivity contribution in [2.24, 2.45) is 0 Å². The van der Waals surface area contributed by atoms with Crippen molar-refractivity contribution in [2.75, 3.05) is 0 Å². The van der Waals surface area contributed by atoms with E-state index in [1.165, 1.54) is 0 Å². The highest BCUT2D eigenvalue weighted by Crippen LogP contribution is 2.14. The van der Waals surface area contributed by atoms with Gasteiger partial charge in [-0.2, -0.15) is 0 Å². The Morgan fingerprint density at radius 1 is 1.64 bits per heavy atom. The third-order valence-corrected chi connectivity index (χ3v) is 2.50. The van der Waals surface area contributed by atoms with Gasteiger partial charge in [0.2, 0.25) is 6.29 Å². The van der Waals surface area contributed by atoms with Gasteiger partial charge in [-0.05, 0) is 6.42 Å². The van der Waals surface area contributed by atoms with Crippen LogP contribution < -0.4 is 0 Å². The van der Waals surface area contributed by atoms with E-state index in [1.807, 2.05) is 0 Å². The minimum Gasteiger partial charge on any atom is -0.363 e. The molecule has 2 atom stereocenters. The molecule has 0 aliphatic rings. The third kappa shape index (κ3) is 3.13. The van der Waals surface area contributed by atoms with E-state index in [9.17, 15) is 10.1 Å². The maximum Gasteiger partial charge on any atom is 0.275 e. The van der Waals surface area contributed by atoms with Crippen LogP contribution in [0.3, 0.4) is 0 Å². The molecular formula is C5H10BrNO4. The van der Waals surface area contributed by atoms with Gasteiger partial charge in [-0.3, -0.25) is 10.1 Å². The van der Waals surface area contributed by atoms with Gasteiger partial charge in [0.05, 0.1) is 4.83 Å². The molecule has 0 aliphatic carbocycles. The molecular weight excluding hydrogens is 218 g/mol. The van der Waals surface area contributed by atoms with Crippen molar-refractivity contribution in [2.45, 2.75) is 30.5 Å². The van der Waals surface area contributed by atoms with E-state index in [1.54, 1.807) is 6.92 Å². The molecule has 0 fully saturated rings. The largest absolute Gasteiger partial charge is 0.363 e. The van der Waals surface area contributed by atoms with Crippen LogP contribution in [-0.2, 0) is 0 Å². The predicted molar refractivity (Wildman–Crippen MR) is 42.0 cm³/mol. The van der Waals surface area contributed by atoms with Crippen molar-refractivity contribution in [3.63, 3.8) is 0 Å². The average molecular weight is 228 g/mol. The van der Waals surface area contributed by atoms with Gasteiger partial charge in [0.15, 0.2) is 0 Å². The van der Waals surface area contributed by atoms with Crippen LogP contribution in [0.2, 0.25) is 0 Å². The van der Waals surface area contributed by atoms with Gasteiger partial charge < -0.3 is 10.2 Å². The highest BCUT2D eigenvalue weighted by Gasteiger charge is 2.34. The van der Waals surface area contributed by atoms with Gasteiger partial charge in [0.25, 0.3) is 6.04 Å². The Balaban J connectivity index is 4.21. The number of alkyl halides is 1. The first-order valence-electron chi connectivity index (χ1n) is 3.14. The molecule has 0 radical (unpaired) electrons. The summed E-state index contributed by atoms with van der Waals surface area (Å²) < 4.78 is 0. The Morgan fingerprint density at radius 3 is 2.18 bits per heavy atom. The number of nitrogens with zero attached hydrogens (tertiary/aromatic N) is 1. The first-order chi connectivity index (χ1) is 5.00. The Labute approximate surface area is 72.3 Å². The standard InChI is InChI=1S/C5H10BrNO4/c1-2-3(6)4(5(8)9)7(10)11/h3-5,8-9H,2H2,1H3. The van der Waals surface area contributed by atoms with Crippen molar-refractivity contribution in [3.05, 3.63) is 10.1 Å². The van der Waals surface area contributed by atoms with Gasteiger partial charge in [0, 0.05) is 4.92 Å². The van der Waals surface area contributed by atoms with Crippen LogP contribution in [0, 0.1) is 10.1 Å². The molecule has 0 spiro atoms. The van der Waals surface area contributed by atoms with E-state index < -0.39 is 22.1 Å². The summed E-state index contributed by atoms with van der Waals surface area (Å²) in [4.78, 5) is 8.99. The van der Waals surface area contributed by atoms with Gasteiger partial charge in [-0.25, -0.2) is 0 Å². The van der Waals surface area contributed by atoms with Crippen LogP contribution in [0.1, 0.15) is 13.3 Å². The van der Waals surface area contributed by atoms with Crippen molar-refractivity contribution >= 4 is 15.9 Å². The van der Waals surface area contributed by atoms with Gasteiger partial charge >= 0.3 is 0 Å². The quantitative estimate of drug-likeness (QED) is 0.309. The molecule has 0 aromatic rings. The lowest BCUT2D eigenvalue weighted by Gasteiger charge is -2.14. The zero-order chi connectivity index (χ0) is 9.02. The number of hydrogen-bond donors (Lipinski definition) is 2. The zero-order valence-corrected chi connectivity index (χ0v) is 7.56. The highest BCUT2D eigenvalue weighted by molar-refractivity contribution is 9.09. The number of nitro groups is 1. The average Bonchev–Trinajstić information content (AvgIpc) is 1.85. The van der Waals surface area contributed by atoms with Gasteiger partial charge in [0.1, 0.15) is 0 Å². The number of halogens is 1. The summed E-state index contributed by atoms with van der Waals surface area (Å²) in [5.74, 6) is 0. The Hall–Kier alpha value is -0.200. The smallest absolute Gasteiger partial charge is 0.275 e. The summed E-state index contributed by atoms with van der Waals surface area (Å²) in [6, 6.07) is -1.35. The molecule has 66 valence electrons. The fourth-order valence-electron chi connectivity index (χ4n) is 0.669. The fourth-order valence-corrected chi connectivity index (χ4v) is 1.14. The van der Waals surface area contributed by atoms with E-state index in [4.69, 9.17) is 10.2 Å². The van der Waals surface area contributed by atoms with Crippen LogP contribution in [0.4, 0.5) is 0 Å². The van der Waals surface area contributed by atoms with Crippen LogP contribution in [0.5, 0.6) is 0 Å². The lowest BCUT2D eigenvalue weighted by molar-refractivity contribution is -0.545. The molecule has 0 aromatic carbocycles. The minimum absolute atomic E-state index is 0.475. The summed E-state index contributed by atoms with van der Waals surface area (Å²) in [6.07, 6.45) is -1.43. The van der Waals surface area contributed by atoms with Crippen LogP contribution in [-0.4, -0.2) is 32.3 Å². The normalized spacial score (nSPS) is 16.5. The maximum absolute atomic E-state index is 10.2. The number of rotatable bonds is 4. The van der Waals surface area contributed by atoms with Crippen molar-refractivity contribution in [1.29, 1.82) is 0 Å². The molecule has 2 N–H and O–H groups in total. The number of aliphatic hydroxyl groups is 2. The summed E-state index contributed by atoms with van der Waals surface area (Å²) in [7, 11) is 0. The lowest BCUT2D eigenvalue weighted by Crippen LogP contribution is -2.40. The van der Waals surface area contributed by atoms with E-state index in [2.05, 4.69) is 15.9 Å². The molecule has 0 rings (SSSR count). The first kappa shape index (κ1) is 10.8. The molecule has 5 nitrogen and oxygen atoms in total. The maximum atomic E-state index is 10.2. The van der Waals surface area contributed by atoms with Gasteiger partial charge in [-0.15, -0.1) is 0 Å².